The minimum absolute atomic E-state index is 0.575. The second-order valence-electron chi connectivity index (χ2n) is 3.88. The summed E-state index contributed by atoms with van der Waals surface area (Å²) < 4.78 is 5.47. The molecule has 0 aromatic heterocycles. The van der Waals surface area contributed by atoms with E-state index < -0.39 is 0 Å². The van der Waals surface area contributed by atoms with Crippen molar-refractivity contribution < 1.29 is 4.74 Å². The Bertz CT molecular complexity index is 133. The minimum atomic E-state index is 0.575. The lowest BCUT2D eigenvalue weighted by Gasteiger charge is -2.10. The first-order chi connectivity index (χ1) is 4.79. The molecule has 1 aliphatic heterocycles. The van der Waals surface area contributed by atoms with Crippen molar-refractivity contribution in [1.82, 2.24) is 0 Å². The molecule has 0 aromatic carbocycles. The van der Waals surface area contributed by atoms with Crippen LogP contribution in [0.15, 0.2) is 0 Å². The highest BCUT2D eigenvalue weighted by molar-refractivity contribution is 4.92. The number of hydrogen-bond acceptors (Lipinski definition) is 1. The summed E-state index contributed by atoms with van der Waals surface area (Å²) in [6.07, 6.45) is 5.48. The van der Waals surface area contributed by atoms with Crippen molar-refractivity contribution in [2.45, 2.75) is 45.3 Å². The summed E-state index contributed by atoms with van der Waals surface area (Å²) in [5.74, 6) is 1.82. The van der Waals surface area contributed by atoms with Crippen LogP contribution in [0.25, 0.3) is 0 Å². The summed E-state index contributed by atoms with van der Waals surface area (Å²) in [6.45, 7) is 4.56. The van der Waals surface area contributed by atoms with Crippen LogP contribution < -0.4 is 0 Å². The molecule has 58 valence electrons. The lowest BCUT2D eigenvalue weighted by Crippen LogP contribution is -2.12. The van der Waals surface area contributed by atoms with E-state index in [0.29, 0.717) is 12.2 Å². The Morgan fingerprint density at radius 3 is 2.30 bits per heavy atom. The third-order valence-corrected chi connectivity index (χ3v) is 3.11. The molecule has 4 unspecified atom stereocenters. The van der Waals surface area contributed by atoms with E-state index in [0.717, 1.165) is 11.8 Å². The van der Waals surface area contributed by atoms with E-state index in [1.807, 2.05) is 0 Å². The number of ether oxygens (including phenoxy) is 1. The van der Waals surface area contributed by atoms with Crippen LogP contribution in [0.1, 0.15) is 33.1 Å². The summed E-state index contributed by atoms with van der Waals surface area (Å²) in [5.41, 5.74) is 0. The van der Waals surface area contributed by atoms with E-state index >= 15 is 0 Å². The number of hydrogen-bond donors (Lipinski definition) is 0. The molecule has 0 spiro atoms. The standard InChI is InChI=1S/C9H16O/c1-6-4-3-5-8(6)9-7(2)10-9/h6-9H,3-5H2,1-2H3. The fourth-order valence-corrected chi connectivity index (χ4v) is 2.31. The van der Waals surface area contributed by atoms with Gasteiger partial charge in [-0.15, -0.1) is 0 Å². The fourth-order valence-electron chi connectivity index (χ4n) is 2.31. The van der Waals surface area contributed by atoms with Crippen molar-refractivity contribution in [3.63, 3.8) is 0 Å². The van der Waals surface area contributed by atoms with E-state index in [4.69, 9.17) is 4.74 Å². The Morgan fingerprint density at radius 2 is 1.90 bits per heavy atom. The molecular formula is C9H16O. The van der Waals surface area contributed by atoms with Crippen LogP contribution in [0, 0.1) is 11.8 Å². The van der Waals surface area contributed by atoms with Crippen LogP contribution in [0.3, 0.4) is 0 Å². The molecule has 1 nitrogen and oxygen atoms in total. The first kappa shape index (κ1) is 6.66. The summed E-state index contributed by atoms with van der Waals surface area (Å²) in [7, 11) is 0. The van der Waals surface area contributed by atoms with Gasteiger partial charge in [0.1, 0.15) is 0 Å². The zero-order valence-electron chi connectivity index (χ0n) is 6.84. The Morgan fingerprint density at radius 1 is 1.20 bits per heavy atom. The molecule has 0 N–H and O–H groups in total. The topological polar surface area (TPSA) is 12.5 Å². The highest BCUT2D eigenvalue weighted by Gasteiger charge is 2.44. The van der Waals surface area contributed by atoms with Gasteiger partial charge >= 0.3 is 0 Å². The van der Waals surface area contributed by atoms with Crippen molar-refractivity contribution in [2.24, 2.45) is 11.8 Å². The Balaban J connectivity index is 1.92. The third-order valence-electron chi connectivity index (χ3n) is 3.11. The molecule has 0 bridgehead atoms. The smallest absolute Gasteiger partial charge is 0.0869 e. The van der Waals surface area contributed by atoms with Gasteiger partial charge in [-0.05, 0) is 25.2 Å². The third kappa shape index (κ3) is 0.968. The van der Waals surface area contributed by atoms with Crippen LogP contribution in [0.2, 0.25) is 0 Å². The first-order valence-electron chi connectivity index (χ1n) is 4.44. The van der Waals surface area contributed by atoms with Gasteiger partial charge in [0, 0.05) is 0 Å². The molecule has 1 heteroatoms. The largest absolute Gasteiger partial charge is 0.370 e. The predicted molar refractivity (Wildman–Crippen MR) is 40.8 cm³/mol. The maximum atomic E-state index is 5.47. The maximum absolute atomic E-state index is 5.47. The molecule has 0 radical (unpaired) electrons. The van der Waals surface area contributed by atoms with Crippen LogP contribution in [-0.4, -0.2) is 12.2 Å². The SMILES string of the molecule is CC1CCCC1C1OC1C. The van der Waals surface area contributed by atoms with Crippen molar-refractivity contribution in [3.05, 3.63) is 0 Å². The summed E-state index contributed by atoms with van der Waals surface area (Å²) in [4.78, 5) is 0. The van der Waals surface area contributed by atoms with Crippen molar-refractivity contribution in [1.29, 1.82) is 0 Å². The molecule has 2 fully saturated rings. The summed E-state index contributed by atoms with van der Waals surface area (Å²) in [5, 5.41) is 0. The van der Waals surface area contributed by atoms with Gasteiger partial charge in [-0.2, -0.15) is 0 Å². The van der Waals surface area contributed by atoms with Gasteiger partial charge in [-0.1, -0.05) is 19.8 Å². The molecule has 2 aliphatic rings. The zero-order chi connectivity index (χ0) is 7.14. The van der Waals surface area contributed by atoms with Crippen LogP contribution in [-0.2, 0) is 4.74 Å². The molecule has 4 atom stereocenters. The second-order valence-corrected chi connectivity index (χ2v) is 3.88. The lowest BCUT2D eigenvalue weighted by molar-refractivity contribution is 0.284. The predicted octanol–water partition coefficient (Wildman–Crippen LogP) is 2.21. The van der Waals surface area contributed by atoms with Gasteiger partial charge in [0.2, 0.25) is 0 Å². The van der Waals surface area contributed by atoms with E-state index in [1.165, 1.54) is 19.3 Å². The average molecular weight is 140 g/mol. The molecule has 1 heterocycles. The van der Waals surface area contributed by atoms with Gasteiger partial charge in [-0.3, -0.25) is 0 Å². The number of rotatable bonds is 1. The van der Waals surface area contributed by atoms with Gasteiger partial charge in [0.25, 0.3) is 0 Å². The molecule has 10 heavy (non-hydrogen) atoms. The van der Waals surface area contributed by atoms with Crippen molar-refractivity contribution >= 4 is 0 Å². The highest BCUT2D eigenvalue weighted by Crippen LogP contribution is 2.42. The molecule has 1 aliphatic carbocycles. The molecule has 0 amide bonds. The van der Waals surface area contributed by atoms with Gasteiger partial charge in [-0.25, -0.2) is 0 Å². The minimum Gasteiger partial charge on any atom is -0.370 e. The average Bonchev–Trinajstić information content (AvgIpc) is 2.42. The van der Waals surface area contributed by atoms with Crippen molar-refractivity contribution in [2.75, 3.05) is 0 Å². The zero-order valence-corrected chi connectivity index (χ0v) is 6.84. The van der Waals surface area contributed by atoms with E-state index in [9.17, 15) is 0 Å². The summed E-state index contributed by atoms with van der Waals surface area (Å²) in [6, 6.07) is 0. The van der Waals surface area contributed by atoms with Gasteiger partial charge in [0.15, 0.2) is 0 Å². The molecule has 2 rings (SSSR count). The second kappa shape index (κ2) is 2.23. The summed E-state index contributed by atoms with van der Waals surface area (Å²) >= 11 is 0. The Hall–Kier alpha value is -0.0400. The van der Waals surface area contributed by atoms with E-state index in [2.05, 4.69) is 13.8 Å². The van der Waals surface area contributed by atoms with Crippen LogP contribution in [0.4, 0.5) is 0 Å². The molecule has 1 saturated carbocycles. The highest BCUT2D eigenvalue weighted by atomic mass is 16.6. The molecule has 0 aromatic rings. The fraction of sp³-hybridized carbons (Fsp3) is 1.00. The van der Waals surface area contributed by atoms with E-state index in [-0.39, 0.29) is 0 Å². The monoisotopic (exact) mass is 140 g/mol. The Labute approximate surface area is 62.8 Å². The van der Waals surface area contributed by atoms with E-state index in [1.54, 1.807) is 0 Å². The Kier molecular flexibility index (Phi) is 1.48. The maximum Gasteiger partial charge on any atom is 0.0869 e. The normalized spacial score (nSPS) is 53.4. The quantitative estimate of drug-likeness (QED) is 0.509. The van der Waals surface area contributed by atoms with Crippen LogP contribution >= 0.6 is 0 Å². The van der Waals surface area contributed by atoms with Crippen LogP contribution in [0.5, 0.6) is 0 Å². The lowest BCUT2D eigenvalue weighted by atomic mass is 9.93. The van der Waals surface area contributed by atoms with Crippen molar-refractivity contribution in [3.8, 4) is 0 Å². The molecular weight excluding hydrogens is 124 g/mol. The molecule has 1 saturated heterocycles. The first-order valence-corrected chi connectivity index (χ1v) is 4.44. The number of epoxide rings is 1. The van der Waals surface area contributed by atoms with Gasteiger partial charge < -0.3 is 4.74 Å². The van der Waals surface area contributed by atoms with Gasteiger partial charge in [0.05, 0.1) is 12.2 Å².